The maximum Gasteiger partial charge on any atom is 0.160 e. The van der Waals surface area contributed by atoms with Crippen LogP contribution in [0.4, 0.5) is 0 Å². The van der Waals surface area contributed by atoms with Gasteiger partial charge in [-0.05, 0) is 36.4 Å². The standard InChI is InChI=1S/C19H11BrN4/c20-12-7-5-11(6-8-12)19-23-17-9-15-16(10-18(17)24-19)22-14-4-2-1-3-13(14)21-15/h1-10,21H. The van der Waals surface area contributed by atoms with Crippen molar-refractivity contribution < 1.29 is 0 Å². The fourth-order valence-electron chi connectivity index (χ4n) is 2.87. The minimum absolute atomic E-state index is 0.734. The van der Waals surface area contributed by atoms with E-state index in [1.807, 2.05) is 60.7 Å². The summed E-state index contributed by atoms with van der Waals surface area (Å²) >= 11 is 3.45. The van der Waals surface area contributed by atoms with Gasteiger partial charge in [0.25, 0.3) is 0 Å². The second-order valence-corrected chi connectivity index (χ2v) is 6.58. The highest BCUT2D eigenvalue weighted by atomic mass is 79.9. The van der Waals surface area contributed by atoms with Crippen molar-refractivity contribution in [1.29, 1.82) is 0 Å². The number of aromatic amines is 1. The maximum atomic E-state index is 4.72. The van der Waals surface area contributed by atoms with E-state index in [9.17, 15) is 0 Å². The Morgan fingerprint density at radius 1 is 0.667 bits per heavy atom. The number of aromatic nitrogens is 4. The third-order valence-electron chi connectivity index (χ3n) is 4.06. The number of nitrogens with one attached hydrogen (secondary N) is 1. The lowest BCUT2D eigenvalue weighted by Gasteiger charge is -2.01. The Morgan fingerprint density at radius 2 is 1.42 bits per heavy atom. The van der Waals surface area contributed by atoms with Crippen LogP contribution in [0.2, 0.25) is 0 Å². The monoisotopic (exact) mass is 374 g/mol. The molecule has 0 fully saturated rings. The molecule has 2 heterocycles. The normalized spacial score (nSPS) is 11.5. The van der Waals surface area contributed by atoms with Crippen LogP contribution in [0, 0.1) is 0 Å². The number of para-hydroxylation sites is 2. The summed E-state index contributed by atoms with van der Waals surface area (Å²) in [6.07, 6.45) is 0. The Bertz CT molecular complexity index is 1140. The van der Waals surface area contributed by atoms with Crippen LogP contribution in [0.1, 0.15) is 0 Å². The van der Waals surface area contributed by atoms with Crippen molar-refractivity contribution in [3.63, 3.8) is 0 Å². The third-order valence-corrected chi connectivity index (χ3v) is 4.59. The van der Waals surface area contributed by atoms with Crippen LogP contribution in [0.15, 0.2) is 65.1 Å². The largest absolute Gasteiger partial charge is 0.352 e. The van der Waals surface area contributed by atoms with E-state index in [0.29, 0.717) is 0 Å². The van der Waals surface area contributed by atoms with Crippen molar-refractivity contribution in [2.45, 2.75) is 0 Å². The van der Waals surface area contributed by atoms with Crippen LogP contribution < -0.4 is 0 Å². The van der Waals surface area contributed by atoms with Crippen molar-refractivity contribution in [1.82, 2.24) is 19.9 Å². The molecule has 114 valence electrons. The molecule has 0 aliphatic heterocycles. The van der Waals surface area contributed by atoms with Gasteiger partial charge in [0, 0.05) is 10.0 Å². The number of H-pyrrole nitrogens is 1. The predicted octanol–water partition coefficient (Wildman–Crippen LogP) is 5.09. The first-order valence-electron chi connectivity index (χ1n) is 7.58. The highest BCUT2D eigenvalue weighted by Crippen LogP contribution is 2.25. The number of imidazole rings is 1. The lowest BCUT2D eigenvalue weighted by molar-refractivity contribution is 1.33. The Kier molecular flexibility index (Phi) is 2.90. The highest BCUT2D eigenvalue weighted by Gasteiger charge is 2.09. The quantitative estimate of drug-likeness (QED) is 0.415. The second-order valence-electron chi connectivity index (χ2n) is 5.67. The SMILES string of the molecule is Brc1ccc(-c2nc3cc4nc5ccccc5[nH]c4cc3n2)cc1. The van der Waals surface area contributed by atoms with Gasteiger partial charge in [-0.2, -0.15) is 0 Å². The molecule has 0 saturated heterocycles. The zero-order chi connectivity index (χ0) is 16.1. The van der Waals surface area contributed by atoms with Crippen LogP contribution in [-0.4, -0.2) is 19.9 Å². The summed E-state index contributed by atoms with van der Waals surface area (Å²) in [5, 5.41) is 0. The van der Waals surface area contributed by atoms with Gasteiger partial charge in [0.15, 0.2) is 5.82 Å². The van der Waals surface area contributed by atoms with Crippen LogP contribution in [0.25, 0.3) is 44.5 Å². The number of benzene rings is 3. The van der Waals surface area contributed by atoms with Crippen LogP contribution in [-0.2, 0) is 0 Å². The molecular weight excluding hydrogens is 364 g/mol. The minimum Gasteiger partial charge on any atom is -0.352 e. The third kappa shape index (κ3) is 2.17. The van der Waals surface area contributed by atoms with E-state index in [0.717, 1.165) is 49.0 Å². The zero-order valence-electron chi connectivity index (χ0n) is 12.5. The number of fused-ring (bicyclic) bond motifs is 3. The molecule has 24 heavy (non-hydrogen) atoms. The first kappa shape index (κ1) is 13.6. The summed E-state index contributed by atoms with van der Waals surface area (Å²) < 4.78 is 1.04. The molecule has 0 aliphatic rings. The van der Waals surface area contributed by atoms with Crippen molar-refractivity contribution >= 4 is 49.0 Å². The molecule has 0 saturated carbocycles. The summed E-state index contributed by atoms with van der Waals surface area (Å²) in [5.41, 5.74) is 6.53. The maximum absolute atomic E-state index is 4.72. The zero-order valence-corrected chi connectivity index (χ0v) is 14.1. The van der Waals surface area contributed by atoms with E-state index in [1.165, 1.54) is 0 Å². The van der Waals surface area contributed by atoms with Gasteiger partial charge in [-0.25, -0.2) is 15.0 Å². The number of hydrogen-bond donors (Lipinski definition) is 1. The average molecular weight is 375 g/mol. The van der Waals surface area contributed by atoms with Crippen LogP contribution >= 0.6 is 15.9 Å². The Balaban J connectivity index is 1.74. The van der Waals surface area contributed by atoms with E-state index in [4.69, 9.17) is 4.98 Å². The lowest BCUT2D eigenvalue weighted by Crippen LogP contribution is -1.87. The number of hydrogen-bond acceptors (Lipinski definition) is 3. The second kappa shape index (κ2) is 5.11. The van der Waals surface area contributed by atoms with Crippen LogP contribution in [0.5, 0.6) is 0 Å². The topological polar surface area (TPSA) is 54.5 Å². The molecule has 0 atom stereocenters. The van der Waals surface area contributed by atoms with Crippen molar-refractivity contribution in [3.8, 4) is 11.4 Å². The van der Waals surface area contributed by atoms with Gasteiger partial charge < -0.3 is 4.98 Å². The molecule has 1 N–H and O–H groups in total. The molecule has 5 rings (SSSR count). The van der Waals surface area contributed by atoms with Gasteiger partial charge >= 0.3 is 0 Å². The first-order valence-corrected chi connectivity index (χ1v) is 8.38. The first-order chi connectivity index (χ1) is 11.8. The summed E-state index contributed by atoms with van der Waals surface area (Å²) in [6, 6.07) is 20.0. The number of nitrogens with zero attached hydrogens (tertiary/aromatic N) is 3. The van der Waals surface area contributed by atoms with Gasteiger partial charge in [0.1, 0.15) is 0 Å². The molecule has 5 heteroatoms. The molecule has 2 aromatic heterocycles. The van der Waals surface area contributed by atoms with Gasteiger partial charge in [0.2, 0.25) is 0 Å². The molecule has 3 aromatic carbocycles. The molecule has 5 aromatic rings. The van der Waals surface area contributed by atoms with E-state index in [-0.39, 0.29) is 0 Å². The Hall–Kier alpha value is -2.79. The summed E-state index contributed by atoms with van der Waals surface area (Å²) in [4.78, 5) is 17.5. The van der Waals surface area contributed by atoms with E-state index in [1.54, 1.807) is 0 Å². The Morgan fingerprint density at radius 3 is 2.25 bits per heavy atom. The van der Waals surface area contributed by atoms with Crippen LogP contribution in [0.3, 0.4) is 0 Å². The summed E-state index contributed by atoms with van der Waals surface area (Å²) in [7, 11) is 0. The summed E-state index contributed by atoms with van der Waals surface area (Å²) in [6.45, 7) is 0. The number of rotatable bonds is 1. The fourth-order valence-corrected chi connectivity index (χ4v) is 3.13. The molecule has 0 spiro atoms. The molecule has 0 bridgehead atoms. The number of halogens is 1. The Labute approximate surface area is 145 Å². The van der Waals surface area contributed by atoms with Crippen molar-refractivity contribution in [2.75, 3.05) is 0 Å². The summed E-state index contributed by atoms with van der Waals surface area (Å²) in [5.74, 6) is 0.734. The van der Waals surface area contributed by atoms with Gasteiger partial charge in [-0.3, -0.25) is 0 Å². The van der Waals surface area contributed by atoms with Crippen molar-refractivity contribution in [2.24, 2.45) is 0 Å². The molecule has 0 radical (unpaired) electrons. The van der Waals surface area contributed by atoms with E-state index < -0.39 is 0 Å². The predicted molar refractivity (Wildman–Crippen MR) is 99.8 cm³/mol. The molecule has 0 unspecified atom stereocenters. The van der Waals surface area contributed by atoms with Gasteiger partial charge in [-0.1, -0.05) is 40.2 Å². The van der Waals surface area contributed by atoms with Crippen molar-refractivity contribution in [3.05, 3.63) is 65.1 Å². The average Bonchev–Trinajstić information content (AvgIpc) is 3.01. The van der Waals surface area contributed by atoms with E-state index >= 15 is 0 Å². The minimum atomic E-state index is 0.734. The molecule has 0 aliphatic carbocycles. The molecule has 4 nitrogen and oxygen atoms in total. The van der Waals surface area contributed by atoms with E-state index in [2.05, 4.69) is 30.9 Å². The smallest absolute Gasteiger partial charge is 0.160 e. The van der Waals surface area contributed by atoms with Gasteiger partial charge in [0.05, 0.1) is 33.1 Å². The molecule has 0 amide bonds. The van der Waals surface area contributed by atoms with Gasteiger partial charge in [-0.15, -0.1) is 0 Å². The molecular formula is C19H11BrN4. The lowest BCUT2D eigenvalue weighted by atomic mass is 10.2. The fraction of sp³-hybridized carbons (Fsp3) is 0. The highest BCUT2D eigenvalue weighted by molar-refractivity contribution is 9.10.